The Hall–Kier alpha value is -2.44. The normalized spacial score (nSPS) is 10.1. The molecule has 0 heterocycles. The SMILES string of the molecule is NC(N)=N/N=C\c1ccccc1[N+](=O)[O-]. The maximum Gasteiger partial charge on any atom is 0.278 e. The Bertz CT molecular complexity index is 423. The molecule has 1 aromatic rings. The van der Waals surface area contributed by atoms with E-state index in [2.05, 4.69) is 10.2 Å². The molecule has 0 aliphatic heterocycles. The van der Waals surface area contributed by atoms with Crippen LogP contribution < -0.4 is 11.5 Å². The summed E-state index contributed by atoms with van der Waals surface area (Å²) in [6.07, 6.45) is 1.22. The Labute approximate surface area is 85.3 Å². The Balaban J connectivity index is 2.99. The van der Waals surface area contributed by atoms with Crippen molar-refractivity contribution >= 4 is 17.9 Å². The molecule has 7 heteroatoms. The lowest BCUT2D eigenvalue weighted by atomic mass is 10.2. The lowest BCUT2D eigenvalue weighted by Crippen LogP contribution is -2.21. The molecular formula is C8H9N5O2. The van der Waals surface area contributed by atoms with E-state index in [0.29, 0.717) is 5.56 Å². The summed E-state index contributed by atoms with van der Waals surface area (Å²) < 4.78 is 0. The van der Waals surface area contributed by atoms with Crippen molar-refractivity contribution in [1.82, 2.24) is 0 Å². The first kappa shape index (κ1) is 10.6. The van der Waals surface area contributed by atoms with Crippen molar-refractivity contribution in [3.63, 3.8) is 0 Å². The molecule has 1 aromatic carbocycles. The van der Waals surface area contributed by atoms with Gasteiger partial charge in [-0.2, -0.15) is 5.10 Å². The van der Waals surface area contributed by atoms with Crippen LogP contribution >= 0.6 is 0 Å². The fourth-order valence-electron chi connectivity index (χ4n) is 0.921. The highest BCUT2D eigenvalue weighted by Gasteiger charge is 2.09. The molecule has 0 spiro atoms. The summed E-state index contributed by atoms with van der Waals surface area (Å²) in [4.78, 5) is 10.1. The number of nitrogens with zero attached hydrogens (tertiary/aromatic N) is 3. The lowest BCUT2D eigenvalue weighted by Gasteiger charge is -1.94. The van der Waals surface area contributed by atoms with Crippen LogP contribution in [0.5, 0.6) is 0 Å². The summed E-state index contributed by atoms with van der Waals surface area (Å²) in [6, 6.07) is 6.14. The minimum Gasteiger partial charge on any atom is -0.369 e. The highest BCUT2D eigenvalue weighted by atomic mass is 16.6. The molecule has 0 saturated heterocycles. The number of guanidine groups is 1. The molecule has 78 valence electrons. The summed E-state index contributed by atoms with van der Waals surface area (Å²) in [5.41, 5.74) is 10.4. The fraction of sp³-hybridized carbons (Fsp3) is 0. The van der Waals surface area contributed by atoms with E-state index >= 15 is 0 Å². The van der Waals surface area contributed by atoms with Crippen LogP contribution in [-0.4, -0.2) is 17.1 Å². The van der Waals surface area contributed by atoms with Crippen LogP contribution in [0.15, 0.2) is 34.5 Å². The number of nitro groups is 1. The molecule has 0 radical (unpaired) electrons. The second-order valence-corrected chi connectivity index (χ2v) is 2.59. The second kappa shape index (κ2) is 4.70. The first-order valence-electron chi connectivity index (χ1n) is 3.96. The van der Waals surface area contributed by atoms with Crippen molar-refractivity contribution in [2.24, 2.45) is 21.7 Å². The summed E-state index contributed by atoms with van der Waals surface area (Å²) in [7, 11) is 0. The summed E-state index contributed by atoms with van der Waals surface area (Å²) in [5.74, 6) is -0.204. The molecule has 0 fully saturated rings. The van der Waals surface area contributed by atoms with Gasteiger partial charge >= 0.3 is 0 Å². The minimum absolute atomic E-state index is 0.0490. The van der Waals surface area contributed by atoms with Crippen molar-refractivity contribution in [3.05, 3.63) is 39.9 Å². The molecule has 0 bridgehead atoms. The largest absolute Gasteiger partial charge is 0.369 e. The molecular weight excluding hydrogens is 198 g/mol. The van der Waals surface area contributed by atoms with Gasteiger partial charge in [-0.15, -0.1) is 5.10 Å². The van der Waals surface area contributed by atoms with Crippen LogP contribution in [0.3, 0.4) is 0 Å². The van der Waals surface area contributed by atoms with Crippen LogP contribution in [0.4, 0.5) is 5.69 Å². The van der Waals surface area contributed by atoms with E-state index in [1.165, 1.54) is 12.3 Å². The van der Waals surface area contributed by atoms with Gasteiger partial charge in [-0.25, -0.2) is 0 Å². The van der Waals surface area contributed by atoms with Gasteiger partial charge in [0.15, 0.2) is 0 Å². The zero-order chi connectivity index (χ0) is 11.3. The fourth-order valence-corrected chi connectivity index (χ4v) is 0.921. The highest BCUT2D eigenvalue weighted by Crippen LogP contribution is 2.15. The van der Waals surface area contributed by atoms with Crippen molar-refractivity contribution in [3.8, 4) is 0 Å². The van der Waals surface area contributed by atoms with Gasteiger partial charge in [0.05, 0.1) is 16.7 Å². The molecule has 1 rings (SSSR count). The molecule has 0 unspecified atom stereocenters. The van der Waals surface area contributed by atoms with Gasteiger partial charge in [0.25, 0.3) is 5.69 Å². The van der Waals surface area contributed by atoms with Crippen LogP contribution in [0.2, 0.25) is 0 Å². The van der Waals surface area contributed by atoms with Crippen LogP contribution in [0.1, 0.15) is 5.56 Å². The molecule has 0 aromatic heterocycles. The molecule has 15 heavy (non-hydrogen) atoms. The molecule has 0 atom stereocenters. The number of para-hydroxylation sites is 1. The quantitative estimate of drug-likeness (QED) is 0.318. The van der Waals surface area contributed by atoms with Gasteiger partial charge in [-0.3, -0.25) is 10.1 Å². The number of rotatable bonds is 3. The number of hydrogen-bond donors (Lipinski definition) is 2. The smallest absolute Gasteiger partial charge is 0.278 e. The number of hydrogen-bond acceptors (Lipinski definition) is 4. The van der Waals surface area contributed by atoms with Crippen molar-refractivity contribution in [1.29, 1.82) is 0 Å². The van der Waals surface area contributed by atoms with E-state index in [1.54, 1.807) is 18.2 Å². The topological polar surface area (TPSA) is 120 Å². The standard InChI is InChI=1S/C8H9N5O2/c9-8(10)12-11-5-6-3-1-2-4-7(6)13(14)15/h1-5H,(H4,9,10,12)/b11-5-. The highest BCUT2D eigenvalue weighted by molar-refractivity contribution is 5.86. The Morgan fingerprint density at radius 1 is 1.40 bits per heavy atom. The molecule has 0 aliphatic rings. The van der Waals surface area contributed by atoms with Gasteiger partial charge in [-0.05, 0) is 6.07 Å². The molecule has 0 amide bonds. The first-order chi connectivity index (χ1) is 7.11. The van der Waals surface area contributed by atoms with E-state index in [4.69, 9.17) is 11.5 Å². The van der Waals surface area contributed by atoms with Crippen molar-refractivity contribution in [2.45, 2.75) is 0 Å². The molecule has 0 saturated carbocycles. The Kier molecular flexibility index (Phi) is 3.33. The zero-order valence-electron chi connectivity index (χ0n) is 7.70. The minimum atomic E-state index is -0.503. The third kappa shape index (κ3) is 3.07. The maximum absolute atomic E-state index is 10.6. The van der Waals surface area contributed by atoms with Crippen LogP contribution in [0, 0.1) is 10.1 Å². The third-order valence-corrected chi connectivity index (χ3v) is 1.50. The molecule has 7 nitrogen and oxygen atoms in total. The van der Waals surface area contributed by atoms with E-state index in [0.717, 1.165) is 0 Å². The lowest BCUT2D eigenvalue weighted by molar-refractivity contribution is -0.385. The van der Waals surface area contributed by atoms with E-state index in [9.17, 15) is 10.1 Å². The van der Waals surface area contributed by atoms with E-state index < -0.39 is 4.92 Å². The molecule has 0 aliphatic carbocycles. The van der Waals surface area contributed by atoms with Crippen molar-refractivity contribution in [2.75, 3.05) is 0 Å². The van der Waals surface area contributed by atoms with Gasteiger partial charge < -0.3 is 11.5 Å². The van der Waals surface area contributed by atoms with Crippen LogP contribution in [-0.2, 0) is 0 Å². The Morgan fingerprint density at radius 2 is 2.07 bits per heavy atom. The van der Waals surface area contributed by atoms with Crippen LogP contribution in [0.25, 0.3) is 0 Å². The monoisotopic (exact) mass is 207 g/mol. The predicted octanol–water partition coefficient (Wildman–Crippen LogP) is 0.202. The molecule has 4 N–H and O–H groups in total. The van der Waals surface area contributed by atoms with E-state index in [-0.39, 0.29) is 11.6 Å². The van der Waals surface area contributed by atoms with E-state index in [1.807, 2.05) is 0 Å². The first-order valence-corrected chi connectivity index (χ1v) is 3.96. The second-order valence-electron chi connectivity index (χ2n) is 2.59. The average molecular weight is 207 g/mol. The average Bonchev–Trinajstić information content (AvgIpc) is 2.17. The zero-order valence-corrected chi connectivity index (χ0v) is 7.70. The predicted molar refractivity (Wildman–Crippen MR) is 56.5 cm³/mol. The maximum atomic E-state index is 10.6. The number of nitrogens with two attached hydrogens (primary N) is 2. The number of nitro benzene ring substituents is 1. The van der Waals surface area contributed by atoms with Crippen molar-refractivity contribution < 1.29 is 4.92 Å². The van der Waals surface area contributed by atoms with Gasteiger partial charge in [-0.1, -0.05) is 12.1 Å². The van der Waals surface area contributed by atoms with Gasteiger partial charge in [0.2, 0.25) is 5.96 Å². The number of benzene rings is 1. The summed E-state index contributed by atoms with van der Waals surface area (Å²) >= 11 is 0. The Morgan fingerprint density at radius 3 is 2.67 bits per heavy atom. The van der Waals surface area contributed by atoms with Gasteiger partial charge in [0, 0.05) is 6.07 Å². The summed E-state index contributed by atoms with van der Waals surface area (Å²) in [5, 5.41) is 17.4. The third-order valence-electron chi connectivity index (χ3n) is 1.50. The van der Waals surface area contributed by atoms with Gasteiger partial charge in [0.1, 0.15) is 0 Å². The summed E-state index contributed by atoms with van der Waals surface area (Å²) in [6.45, 7) is 0.